The molecule has 8 heteroatoms. The zero-order valence-electron chi connectivity index (χ0n) is 8.94. The third-order valence-electron chi connectivity index (χ3n) is 1.53. The Bertz CT molecular complexity index is 449. The first-order chi connectivity index (χ1) is 7.39. The van der Waals surface area contributed by atoms with E-state index in [0.29, 0.717) is 6.54 Å². The largest absolute Gasteiger partial charge is 0.301 e. The number of nitrogens with one attached hydrogen (secondary N) is 2. The molecule has 0 saturated heterocycles. The molecule has 0 aliphatic carbocycles. The smallest absolute Gasteiger partial charge is 0.238 e. The van der Waals surface area contributed by atoms with E-state index in [0.717, 1.165) is 0 Å². The lowest BCUT2D eigenvalue weighted by molar-refractivity contribution is 0.564. The topological polar surface area (TPSA) is 84.0 Å². The summed E-state index contributed by atoms with van der Waals surface area (Å²) in [7, 11) is -3.63. The zero-order chi connectivity index (χ0) is 12.2. The highest BCUT2D eigenvalue weighted by Gasteiger charge is 2.11. The van der Waals surface area contributed by atoms with Crippen molar-refractivity contribution in [3.8, 4) is 0 Å². The minimum absolute atomic E-state index is 0.0521. The highest BCUT2D eigenvalue weighted by Crippen LogP contribution is 2.06. The van der Waals surface area contributed by atoms with E-state index < -0.39 is 10.2 Å². The van der Waals surface area contributed by atoms with Crippen molar-refractivity contribution in [2.75, 3.05) is 11.3 Å². The average molecular weight is 265 g/mol. The van der Waals surface area contributed by atoms with Gasteiger partial charge in [0.15, 0.2) is 0 Å². The number of nitrogens with zero attached hydrogens (tertiary/aromatic N) is 2. The lowest BCUT2D eigenvalue weighted by Crippen LogP contribution is -2.33. The fourth-order valence-electron chi connectivity index (χ4n) is 0.818. The van der Waals surface area contributed by atoms with Crippen LogP contribution in [-0.2, 0) is 10.2 Å². The summed E-state index contributed by atoms with van der Waals surface area (Å²) in [6.45, 7) is 4.15. The van der Waals surface area contributed by atoms with Crippen LogP contribution < -0.4 is 9.44 Å². The van der Waals surface area contributed by atoms with Crippen LogP contribution in [0.25, 0.3) is 0 Å². The summed E-state index contributed by atoms with van der Waals surface area (Å²) in [5.41, 5.74) is 0. The number of halogens is 1. The van der Waals surface area contributed by atoms with E-state index >= 15 is 0 Å². The van der Waals surface area contributed by atoms with Crippen LogP contribution >= 0.6 is 11.6 Å². The van der Waals surface area contributed by atoms with Crippen LogP contribution in [0.5, 0.6) is 0 Å². The van der Waals surface area contributed by atoms with Gasteiger partial charge in [0.25, 0.3) is 0 Å². The summed E-state index contributed by atoms with van der Waals surface area (Å²) >= 11 is 5.59. The van der Waals surface area contributed by atoms with Crippen LogP contribution in [0.4, 0.5) is 5.95 Å². The SMILES string of the molecule is CC(C)CNS(=O)(=O)Nc1nccc(Cl)n1. The van der Waals surface area contributed by atoms with Crippen LogP contribution in [0.1, 0.15) is 13.8 Å². The van der Waals surface area contributed by atoms with Gasteiger partial charge in [-0.25, -0.2) is 14.7 Å². The van der Waals surface area contributed by atoms with E-state index in [2.05, 4.69) is 19.4 Å². The standard InChI is InChI=1S/C8H13ClN4O2S/c1-6(2)5-11-16(14,15)13-8-10-4-3-7(9)12-8/h3-4,6,11H,5H2,1-2H3,(H,10,12,13). The molecule has 1 heterocycles. The number of anilines is 1. The third kappa shape index (κ3) is 4.73. The Kier molecular flexibility index (Phi) is 4.45. The second-order valence-corrected chi connectivity index (χ2v) is 5.44. The van der Waals surface area contributed by atoms with Gasteiger partial charge in [-0.3, -0.25) is 0 Å². The van der Waals surface area contributed by atoms with Crippen LogP contribution in [0.15, 0.2) is 12.3 Å². The molecule has 0 aliphatic rings. The van der Waals surface area contributed by atoms with Crippen molar-refractivity contribution in [1.82, 2.24) is 14.7 Å². The van der Waals surface area contributed by atoms with Crippen molar-refractivity contribution in [1.29, 1.82) is 0 Å². The maximum Gasteiger partial charge on any atom is 0.301 e. The Morgan fingerprint density at radius 2 is 2.19 bits per heavy atom. The molecule has 0 spiro atoms. The maximum absolute atomic E-state index is 11.5. The van der Waals surface area contributed by atoms with Crippen molar-refractivity contribution >= 4 is 27.8 Å². The summed E-state index contributed by atoms with van der Waals surface area (Å²) in [6.07, 6.45) is 1.37. The number of aromatic nitrogens is 2. The summed E-state index contributed by atoms with van der Waals surface area (Å²) in [5, 5.41) is 0.177. The fraction of sp³-hybridized carbons (Fsp3) is 0.500. The Morgan fingerprint density at radius 3 is 2.75 bits per heavy atom. The van der Waals surface area contributed by atoms with Crippen molar-refractivity contribution in [2.45, 2.75) is 13.8 Å². The fourth-order valence-corrected chi connectivity index (χ4v) is 1.92. The van der Waals surface area contributed by atoms with Crippen LogP contribution in [-0.4, -0.2) is 24.9 Å². The van der Waals surface area contributed by atoms with Crippen molar-refractivity contribution in [3.63, 3.8) is 0 Å². The molecule has 0 aliphatic heterocycles. The molecule has 1 aromatic rings. The van der Waals surface area contributed by atoms with E-state index in [1.165, 1.54) is 12.3 Å². The summed E-state index contributed by atoms with van der Waals surface area (Å²) in [4.78, 5) is 7.44. The predicted molar refractivity (Wildman–Crippen MR) is 62.4 cm³/mol. The molecular weight excluding hydrogens is 252 g/mol. The van der Waals surface area contributed by atoms with Gasteiger partial charge in [-0.05, 0) is 12.0 Å². The van der Waals surface area contributed by atoms with Crippen LogP contribution in [0.2, 0.25) is 5.15 Å². The maximum atomic E-state index is 11.5. The van der Waals surface area contributed by atoms with Crippen molar-refractivity contribution in [3.05, 3.63) is 17.4 Å². The Balaban J connectivity index is 2.66. The van der Waals surface area contributed by atoms with Gasteiger partial charge < -0.3 is 0 Å². The quantitative estimate of drug-likeness (QED) is 0.778. The van der Waals surface area contributed by atoms with Gasteiger partial charge in [-0.1, -0.05) is 25.4 Å². The van der Waals surface area contributed by atoms with E-state index in [9.17, 15) is 8.42 Å². The van der Waals surface area contributed by atoms with Crippen LogP contribution in [0.3, 0.4) is 0 Å². The molecule has 2 N–H and O–H groups in total. The van der Waals surface area contributed by atoms with Gasteiger partial charge in [0, 0.05) is 12.7 Å². The normalized spacial score (nSPS) is 11.8. The van der Waals surface area contributed by atoms with Crippen LogP contribution in [0, 0.1) is 5.92 Å². The number of hydrogen-bond donors (Lipinski definition) is 2. The third-order valence-corrected chi connectivity index (χ3v) is 2.74. The first-order valence-corrected chi connectivity index (χ1v) is 6.51. The number of hydrogen-bond acceptors (Lipinski definition) is 4. The van der Waals surface area contributed by atoms with E-state index in [1.807, 2.05) is 13.8 Å². The molecule has 0 unspecified atom stereocenters. The van der Waals surface area contributed by atoms with E-state index in [4.69, 9.17) is 11.6 Å². The average Bonchev–Trinajstić information content (AvgIpc) is 2.14. The van der Waals surface area contributed by atoms with E-state index in [-0.39, 0.29) is 17.0 Å². The summed E-state index contributed by atoms with van der Waals surface area (Å²) in [6, 6.07) is 1.46. The second kappa shape index (κ2) is 5.42. The Morgan fingerprint density at radius 1 is 1.50 bits per heavy atom. The van der Waals surface area contributed by atoms with Gasteiger partial charge in [-0.2, -0.15) is 13.1 Å². The van der Waals surface area contributed by atoms with E-state index in [1.54, 1.807) is 0 Å². The molecule has 0 aromatic carbocycles. The van der Waals surface area contributed by atoms with Gasteiger partial charge >= 0.3 is 10.2 Å². The molecule has 1 rings (SSSR count). The van der Waals surface area contributed by atoms with Crippen molar-refractivity contribution < 1.29 is 8.42 Å². The molecule has 0 fully saturated rings. The summed E-state index contributed by atoms with van der Waals surface area (Å²) in [5.74, 6) is 0.167. The predicted octanol–water partition coefficient (Wildman–Crippen LogP) is 1.03. The highest BCUT2D eigenvalue weighted by atomic mass is 35.5. The Hall–Kier alpha value is -0.920. The van der Waals surface area contributed by atoms with Gasteiger partial charge in [-0.15, -0.1) is 0 Å². The monoisotopic (exact) mass is 264 g/mol. The molecule has 16 heavy (non-hydrogen) atoms. The molecule has 0 radical (unpaired) electrons. The molecule has 0 bridgehead atoms. The lowest BCUT2D eigenvalue weighted by atomic mass is 10.2. The van der Waals surface area contributed by atoms with Gasteiger partial charge in [0.1, 0.15) is 5.15 Å². The first kappa shape index (κ1) is 13.1. The first-order valence-electron chi connectivity index (χ1n) is 4.65. The van der Waals surface area contributed by atoms with Gasteiger partial charge in [0.2, 0.25) is 5.95 Å². The lowest BCUT2D eigenvalue weighted by Gasteiger charge is -2.09. The molecule has 0 amide bonds. The molecular formula is C8H13ClN4O2S. The second-order valence-electron chi connectivity index (χ2n) is 3.55. The minimum Gasteiger partial charge on any atom is -0.238 e. The minimum atomic E-state index is -3.63. The molecule has 90 valence electrons. The zero-order valence-corrected chi connectivity index (χ0v) is 10.5. The highest BCUT2D eigenvalue weighted by molar-refractivity contribution is 7.90. The molecule has 0 atom stereocenters. The molecule has 0 saturated carbocycles. The van der Waals surface area contributed by atoms with Gasteiger partial charge in [0.05, 0.1) is 0 Å². The molecule has 6 nitrogen and oxygen atoms in total. The summed E-state index contributed by atoms with van der Waals surface area (Å²) < 4.78 is 27.5. The van der Waals surface area contributed by atoms with Crippen molar-refractivity contribution in [2.24, 2.45) is 5.92 Å². The number of rotatable bonds is 5. The molecule has 1 aromatic heterocycles. The Labute approximate surface area is 99.6 Å².